The Balaban J connectivity index is 1.51. The van der Waals surface area contributed by atoms with Crippen LogP contribution in [-0.4, -0.2) is 45.2 Å². The lowest BCUT2D eigenvalue weighted by Gasteiger charge is -2.24. The third kappa shape index (κ3) is 4.19. The second-order valence-corrected chi connectivity index (χ2v) is 8.81. The van der Waals surface area contributed by atoms with Gasteiger partial charge in [0.05, 0.1) is 13.2 Å². The lowest BCUT2D eigenvalue weighted by molar-refractivity contribution is -0.116. The number of aryl methyl sites for hydroxylation is 2. The van der Waals surface area contributed by atoms with Gasteiger partial charge >= 0.3 is 0 Å². The minimum atomic E-state index is -1.33. The Morgan fingerprint density at radius 2 is 2.10 bits per heavy atom. The SMILES string of the molecule is Cc1nsc(-c2ccc(C)c(NCC(=O)N3CCc4c3cccc4[C@@](C)(O)CO)c2)n1. The van der Waals surface area contributed by atoms with Gasteiger partial charge in [0.2, 0.25) is 5.91 Å². The summed E-state index contributed by atoms with van der Waals surface area (Å²) in [6.45, 7) is 5.78. The van der Waals surface area contributed by atoms with E-state index in [2.05, 4.69) is 14.7 Å². The van der Waals surface area contributed by atoms with Gasteiger partial charge < -0.3 is 20.4 Å². The van der Waals surface area contributed by atoms with Crippen LogP contribution in [0.2, 0.25) is 0 Å². The molecule has 1 atom stereocenters. The molecule has 2 heterocycles. The number of hydrogen-bond donors (Lipinski definition) is 3. The maximum Gasteiger partial charge on any atom is 0.246 e. The van der Waals surface area contributed by atoms with Crippen LogP contribution in [0, 0.1) is 13.8 Å². The van der Waals surface area contributed by atoms with Gasteiger partial charge in [-0.25, -0.2) is 4.98 Å². The van der Waals surface area contributed by atoms with Crippen LogP contribution in [0.5, 0.6) is 0 Å². The number of benzene rings is 2. The lowest BCUT2D eigenvalue weighted by atomic mass is 9.91. The van der Waals surface area contributed by atoms with Gasteiger partial charge in [-0.2, -0.15) is 4.37 Å². The highest BCUT2D eigenvalue weighted by atomic mass is 32.1. The Kier molecular flexibility index (Phi) is 5.79. The Bertz CT molecular complexity index is 1130. The first-order valence-corrected chi connectivity index (χ1v) is 11.0. The smallest absolute Gasteiger partial charge is 0.246 e. The summed E-state index contributed by atoms with van der Waals surface area (Å²) in [6.07, 6.45) is 0.651. The molecular weight excluding hydrogens is 412 g/mol. The van der Waals surface area contributed by atoms with E-state index in [0.29, 0.717) is 18.5 Å². The van der Waals surface area contributed by atoms with Crippen molar-refractivity contribution in [1.82, 2.24) is 9.36 Å². The van der Waals surface area contributed by atoms with Crippen LogP contribution in [0.25, 0.3) is 10.6 Å². The van der Waals surface area contributed by atoms with Crippen molar-refractivity contribution in [3.63, 3.8) is 0 Å². The van der Waals surface area contributed by atoms with Crippen molar-refractivity contribution in [3.8, 4) is 10.6 Å². The van der Waals surface area contributed by atoms with Crippen molar-refractivity contribution < 1.29 is 15.0 Å². The van der Waals surface area contributed by atoms with Crippen LogP contribution in [0.15, 0.2) is 36.4 Å². The summed E-state index contributed by atoms with van der Waals surface area (Å²) >= 11 is 1.36. The number of aliphatic hydroxyl groups is 2. The maximum atomic E-state index is 13.0. The molecule has 0 radical (unpaired) electrons. The van der Waals surface area contributed by atoms with Crippen LogP contribution in [0.3, 0.4) is 0 Å². The average Bonchev–Trinajstić information content (AvgIpc) is 3.39. The van der Waals surface area contributed by atoms with E-state index in [4.69, 9.17) is 0 Å². The van der Waals surface area contributed by atoms with Gasteiger partial charge in [0.25, 0.3) is 0 Å². The molecule has 2 aromatic carbocycles. The van der Waals surface area contributed by atoms with E-state index in [1.807, 2.05) is 50.2 Å². The number of hydrogen-bond acceptors (Lipinski definition) is 7. The zero-order chi connectivity index (χ0) is 22.2. The third-order valence-corrected chi connectivity index (χ3v) is 6.51. The van der Waals surface area contributed by atoms with Crippen LogP contribution in [0.1, 0.15) is 29.4 Å². The molecule has 1 aromatic heterocycles. The van der Waals surface area contributed by atoms with Gasteiger partial charge in [-0.3, -0.25) is 4.79 Å². The van der Waals surface area contributed by atoms with E-state index in [9.17, 15) is 15.0 Å². The van der Waals surface area contributed by atoms with E-state index in [1.54, 1.807) is 11.8 Å². The van der Waals surface area contributed by atoms with Crippen molar-refractivity contribution >= 4 is 28.8 Å². The second kappa shape index (κ2) is 8.37. The summed E-state index contributed by atoms with van der Waals surface area (Å²) in [6, 6.07) is 11.5. The molecule has 1 amide bonds. The van der Waals surface area contributed by atoms with Gasteiger partial charge in [-0.1, -0.05) is 24.3 Å². The van der Waals surface area contributed by atoms with Gasteiger partial charge in [0.1, 0.15) is 16.4 Å². The fourth-order valence-corrected chi connectivity index (χ4v) is 4.57. The van der Waals surface area contributed by atoms with E-state index in [1.165, 1.54) is 11.5 Å². The zero-order valence-corrected chi connectivity index (χ0v) is 18.7. The van der Waals surface area contributed by atoms with Crippen molar-refractivity contribution in [2.45, 2.75) is 32.8 Å². The Morgan fingerprint density at radius 3 is 2.81 bits per heavy atom. The molecule has 4 rings (SSSR count). The number of nitrogens with one attached hydrogen (secondary N) is 1. The third-order valence-electron chi connectivity index (χ3n) is 5.66. The highest BCUT2D eigenvalue weighted by Crippen LogP contribution is 2.36. The fourth-order valence-electron chi connectivity index (χ4n) is 3.91. The molecule has 0 fully saturated rings. The minimum Gasteiger partial charge on any atom is -0.393 e. The first kappa shape index (κ1) is 21.4. The molecule has 0 saturated carbocycles. The number of carbonyl (C=O) groups is 1. The molecule has 31 heavy (non-hydrogen) atoms. The second-order valence-electron chi connectivity index (χ2n) is 8.06. The summed E-state index contributed by atoms with van der Waals surface area (Å²) in [4.78, 5) is 19.2. The molecule has 0 aliphatic carbocycles. The summed E-state index contributed by atoms with van der Waals surface area (Å²) in [7, 11) is 0. The molecule has 3 N–H and O–H groups in total. The van der Waals surface area contributed by atoms with Crippen LogP contribution < -0.4 is 10.2 Å². The maximum absolute atomic E-state index is 13.0. The quantitative estimate of drug-likeness (QED) is 0.547. The minimum absolute atomic E-state index is 0.0453. The van der Waals surface area contributed by atoms with Crippen molar-refractivity contribution in [2.75, 3.05) is 29.9 Å². The van der Waals surface area contributed by atoms with E-state index < -0.39 is 5.60 Å². The Labute approximate surface area is 185 Å². The van der Waals surface area contributed by atoms with E-state index >= 15 is 0 Å². The van der Waals surface area contributed by atoms with Gasteiger partial charge in [-0.05, 0) is 67.5 Å². The zero-order valence-electron chi connectivity index (χ0n) is 17.8. The first-order chi connectivity index (χ1) is 14.8. The molecule has 0 spiro atoms. The number of fused-ring (bicyclic) bond motifs is 1. The number of nitrogens with zero attached hydrogens (tertiary/aromatic N) is 3. The predicted octanol–water partition coefficient (Wildman–Crippen LogP) is 3.02. The van der Waals surface area contributed by atoms with Gasteiger partial charge in [-0.15, -0.1) is 0 Å². The number of aromatic nitrogens is 2. The molecule has 7 nitrogen and oxygen atoms in total. The molecular formula is C23H26N4O3S. The summed E-state index contributed by atoms with van der Waals surface area (Å²) in [5.74, 6) is 0.702. The largest absolute Gasteiger partial charge is 0.393 e. The summed E-state index contributed by atoms with van der Waals surface area (Å²) < 4.78 is 4.24. The van der Waals surface area contributed by atoms with Crippen molar-refractivity contribution in [2.24, 2.45) is 0 Å². The Morgan fingerprint density at radius 1 is 1.29 bits per heavy atom. The molecule has 1 aliphatic heterocycles. The molecule has 8 heteroatoms. The van der Waals surface area contributed by atoms with Crippen molar-refractivity contribution in [1.29, 1.82) is 0 Å². The number of aliphatic hydroxyl groups excluding tert-OH is 1. The topological polar surface area (TPSA) is 98.6 Å². The highest BCUT2D eigenvalue weighted by Gasteiger charge is 2.32. The first-order valence-electron chi connectivity index (χ1n) is 10.2. The summed E-state index contributed by atoms with van der Waals surface area (Å²) in [5, 5.41) is 24.2. The molecule has 162 valence electrons. The predicted molar refractivity (Wildman–Crippen MR) is 122 cm³/mol. The molecule has 0 bridgehead atoms. The van der Waals surface area contributed by atoms with Gasteiger partial charge in [0, 0.05) is 23.5 Å². The average molecular weight is 439 g/mol. The number of carbonyl (C=O) groups excluding carboxylic acids is 1. The van der Waals surface area contributed by atoms with Crippen LogP contribution >= 0.6 is 11.5 Å². The standard InChI is InChI=1S/C23H26N4O3S/c1-14-7-8-16(22-25-15(2)26-31-22)11-19(14)24-12-21(29)27-10-9-17-18(23(3,30)13-28)5-4-6-20(17)27/h4-8,11,24,28,30H,9-10,12-13H2,1-3H3/t23-/m0/s1. The molecule has 0 saturated heterocycles. The number of anilines is 2. The number of rotatable bonds is 6. The van der Waals surface area contributed by atoms with Crippen molar-refractivity contribution in [3.05, 3.63) is 58.9 Å². The summed E-state index contributed by atoms with van der Waals surface area (Å²) in [5.41, 5.74) is 3.95. The molecule has 0 unspecified atom stereocenters. The normalized spacial score (nSPS) is 14.9. The monoisotopic (exact) mass is 438 g/mol. The molecule has 3 aromatic rings. The lowest BCUT2D eigenvalue weighted by Crippen LogP contribution is -2.34. The van der Waals surface area contributed by atoms with Crippen LogP contribution in [-0.2, 0) is 16.8 Å². The van der Waals surface area contributed by atoms with Crippen LogP contribution in [0.4, 0.5) is 11.4 Å². The fraction of sp³-hybridized carbons (Fsp3) is 0.348. The highest BCUT2D eigenvalue weighted by molar-refractivity contribution is 7.09. The molecule has 1 aliphatic rings. The van der Waals surface area contributed by atoms with E-state index in [0.717, 1.165) is 38.9 Å². The van der Waals surface area contributed by atoms with Gasteiger partial charge in [0.15, 0.2) is 0 Å². The van der Waals surface area contributed by atoms with E-state index in [-0.39, 0.29) is 19.1 Å². The Hall–Kier alpha value is -2.81. The number of amides is 1.